The van der Waals surface area contributed by atoms with Gasteiger partial charge in [0.15, 0.2) is 17.5 Å². The first-order valence-corrected chi connectivity index (χ1v) is 14.0. The van der Waals surface area contributed by atoms with Gasteiger partial charge >= 0.3 is 6.16 Å². The molecular weight excluding hydrogens is 507 g/mol. The van der Waals surface area contributed by atoms with E-state index in [-0.39, 0.29) is 23.7 Å². The molecule has 1 aliphatic heterocycles. The summed E-state index contributed by atoms with van der Waals surface area (Å²) in [6, 6.07) is 1.89. The third-order valence-electron chi connectivity index (χ3n) is 8.80. The van der Waals surface area contributed by atoms with Crippen LogP contribution in [0.15, 0.2) is 6.07 Å². The van der Waals surface area contributed by atoms with Gasteiger partial charge in [-0.15, -0.1) is 0 Å². The Morgan fingerprint density at radius 3 is 2.77 bits per heavy atom. The minimum atomic E-state index is -0.860. The number of aliphatic hydroxyl groups is 1. The zero-order chi connectivity index (χ0) is 27.1. The lowest BCUT2D eigenvalue weighted by atomic mass is 9.52. The minimum Gasteiger partial charge on any atom is -0.431 e. The summed E-state index contributed by atoms with van der Waals surface area (Å²) in [7, 11) is 1.93. The Balaban J connectivity index is 1.23. The van der Waals surface area contributed by atoms with Crippen LogP contribution in [-0.2, 0) is 20.8 Å². The highest BCUT2D eigenvalue weighted by Crippen LogP contribution is 2.57. The average Bonchev–Trinajstić information content (AvgIpc) is 3.11. The van der Waals surface area contributed by atoms with E-state index < -0.39 is 24.2 Å². The molecule has 0 aromatic carbocycles. The van der Waals surface area contributed by atoms with Crippen molar-refractivity contribution in [2.45, 2.75) is 82.6 Å². The normalized spacial score (nSPS) is 31.5. The lowest BCUT2D eigenvalue weighted by Crippen LogP contribution is -2.61. The molecule has 39 heavy (non-hydrogen) atoms. The number of ether oxygens (including phenoxy) is 3. The molecule has 12 heteroatoms. The molecule has 7 rings (SSSR count). The number of rotatable bonds is 7. The van der Waals surface area contributed by atoms with Crippen LogP contribution >= 0.6 is 0 Å². The average molecular weight is 545 g/mol. The molecule has 0 amide bonds. The van der Waals surface area contributed by atoms with Crippen LogP contribution in [-0.4, -0.2) is 69.4 Å². The molecule has 2 aromatic heterocycles. The van der Waals surface area contributed by atoms with E-state index in [0.29, 0.717) is 55.6 Å². The van der Waals surface area contributed by atoms with Gasteiger partial charge in [0, 0.05) is 37.9 Å². The van der Waals surface area contributed by atoms with Crippen molar-refractivity contribution >= 4 is 23.7 Å². The van der Waals surface area contributed by atoms with Crippen molar-refractivity contribution in [2.75, 3.05) is 30.5 Å². The lowest BCUT2D eigenvalue weighted by molar-refractivity contribution is -0.133. The molecule has 5 fully saturated rings. The molecule has 11 nitrogen and oxygen atoms in total. The summed E-state index contributed by atoms with van der Waals surface area (Å²) < 4.78 is 31.8. The first-order valence-electron chi connectivity index (χ1n) is 14.0. The number of anilines is 3. The molecule has 1 saturated heterocycles. The van der Waals surface area contributed by atoms with Crippen molar-refractivity contribution in [1.29, 1.82) is 0 Å². The zero-order valence-electron chi connectivity index (χ0n) is 22.5. The Morgan fingerprint density at radius 1 is 1.26 bits per heavy atom. The lowest BCUT2D eigenvalue weighted by Gasteiger charge is -2.59. The molecule has 3 heterocycles. The fourth-order valence-electron chi connectivity index (χ4n) is 7.43. The smallest absolute Gasteiger partial charge is 0.431 e. The molecule has 0 radical (unpaired) electrons. The number of aromatic amines is 1. The number of nitrogens with zero attached hydrogens (tertiary/aromatic N) is 4. The fourth-order valence-corrected chi connectivity index (χ4v) is 7.43. The number of carbonyl (C=O) groups is 1. The van der Waals surface area contributed by atoms with Crippen LogP contribution in [0, 0.1) is 30.5 Å². The molecule has 3 unspecified atom stereocenters. The van der Waals surface area contributed by atoms with Crippen LogP contribution in [0.4, 0.5) is 26.8 Å². The number of H-pyrrole nitrogens is 1. The quantitative estimate of drug-likeness (QED) is 0.439. The van der Waals surface area contributed by atoms with Gasteiger partial charge in [0.1, 0.15) is 18.4 Å². The fraction of sp³-hybridized carbons (Fsp3) is 0.704. The predicted octanol–water partition coefficient (Wildman–Crippen LogP) is 3.99. The Labute approximate surface area is 226 Å². The zero-order valence-corrected chi connectivity index (χ0v) is 22.5. The van der Waals surface area contributed by atoms with E-state index in [9.17, 15) is 9.90 Å². The highest BCUT2D eigenvalue weighted by molar-refractivity contribution is 5.60. The second kappa shape index (κ2) is 10.5. The minimum absolute atomic E-state index is 0.0475. The number of aromatic nitrogens is 4. The number of hydrogen-bond acceptors (Lipinski definition) is 10. The van der Waals surface area contributed by atoms with Crippen LogP contribution in [0.25, 0.3) is 0 Å². The van der Waals surface area contributed by atoms with Crippen LogP contribution in [0.1, 0.15) is 62.8 Å². The molecule has 4 aliphatic carbocycles. The van der Waals surface area contributed by atoms with Gasteiger partial charge in [-0.1, -0.05) is 0 Å². The van der Waals surface area contributed by atoms with Crippen LogP contribution < -0.4 is 10.2 Å². The van der Waals surface area contributed by atoms with Crippen molar-refractivity contribution < 1.29 is 28.5 Å². The van der Waals surface area contributed by atoms with Crippen LogP contribution in [0.2, 0.25) is 0 Å². The maximum absolute atomic E-state index is 15.6. The predicted molar refractivity (Wildman–Crippen MR) is 139 cm³/mol. The van der Waals surface area contributed by atoms with Gasteiger partial charge in [0.2, 0.25) is 5.95 Å². The second-order valence-corrected chi connectivity index (χ2v) is 11.8. The summed E-state index contributed by atoms with van der Waals surface area (Å²) in [4.78, 5) is 23.5. The van der Waals surface area contributed by atoms with Crippen molar-refractivity contribution in [3.63, 3.8) is 0 Å². The summed E-state index contributed by atoms with van der Waals surface area (Å²) >= 11 is 0. The van der Waals surface area contributed by atoms with E-state index >= 15 is 4.39 Å². The molecule has 3 atom stereocenters. The summed E-state index contributed by atoms with van der Waals surface area (Å²) in [5, 5.41) is 20.9. The number of hydrogen-bond donors (Lipinski definition) is 3. The first-order chi connectivity index (χ1) is 18.8. The summed E-state index contributed by atoms with van der Waals surface area (Å²) in [6.45, 7) is 2.62. The van der Waals surface area contributed by atoms with Crippen molar-refractivity contribution in [2.24, 2.45) is 17.8 Å². The van der Waals surface area contributed by atoms with Crippen molar-refractivity contribution in [3.05, 3.63) is 23.3 Å². The summed E-state index contributed by atoms with van der Waals surface area (Å²) in [5.74, 6) is 1.19. The molecule has 212 valence electrons. The first kappa shape index (κ1) is 26.2. The maximum Gasteiger partial charge on any atom is 0.508 e. The van der Waals surface area contributed by atoms with E-state index in [0.717, 1.165) is 44.2 Å². The Morgan fingerprint density at radius 2 is 2.05 bits per heavy atom. The Kier molecular flexibility index (Phi) is 7.09. The van der Waals surface area contributed by atoms with E-state index in [2.05, 4.69) is 25.5 Å². The number of nitrogens with one attached hydrogen (secondary N) is 2. The van der Waals surface area contributed by atoms with E-state index in [4.69, 9.17) is 14.2 Å². The van der Waals surface area contributed by atoms with E-state index in [1.54, 1.807) is 6.07 Å². The third-order valence-corrected chi connectivity index (χ3v) is 8.80. The van der Waals surface area contributed by atoms with Gasteiger partial charge < -0.3 is 29.5 Å². The van der Waals surface area contributed by atoms with Crippen molar-refractivity contribution in [1.82, 2.24) is 20.2 Å². The third kappa shape index (κ3) is 5.54. The monoisotopic (exact) mass is 544 g/mol. The number of halogens is 1. The largest absolute Gasteiger partial charge is 0.508 e. The van der Waals surface area contributed by atoms with Gasteiger partial charge in [-0.25, -0.2) is 14.2 Å². The van der Waals surface area contributed by atoms with Gasteiger partial charge in [0.25, 0.3) is 0 Å². The van der Waals surface area contributed by atoms with Crippen LogP contribution in [0.3, 0.4) is 0 Å². The molecule has 2 aromatic rings. The van der Waals surface area contributed by atoms with Gasteiger partial charge in [-0.2, -0.15) is 10.1 Å². The Hall–Kier alpha value is -2.99. The van der Waals surface area contributed by atoms with E-state index in [1.807, 2.05) is 18.9 Å². The maximum atomic E-state index is 15.6. The molecule has 3 N–H and O–H groups in total. The van der Waals surface area contributed by atoms with Gasteiger partial charge in [0.05, 0.1) is 12.2 Å². The second-order valence-electron chi connectivity index (χ2n) is 11.8. The summed E-state index contributed by atoms with van der Waals surface area (Å²) in [6.07, 6.45) is 5.52. The molecular formula is C27H37FN6O5. The van der Waals surface area contributed by atoms with Crippen molar-refractivity contribution in [3.8, 4) is 0 Å². The summed E-state index contributed by atoms with van der Waals surface area (Å²) in [5.41, 5.74) is 0.196. The highest BCUT2D eigenvalue weighted by Gasteiger charge is 2.56. The molecule has 0 spiro atoms. The molecule has 4 bridgehead atoms. The number of aryl methyl sites for hydroxylation is 1. The van der Waals surface area contributed by atoms with Crippen LogP contribution in [0.5, 0.6) is 0 Å². The SMILES string of the molecule is Cc1cc(Nc2nc(N(C)C3C4CC5CC3CC(O)(C5)C4)nc(COC(=O)OC3CCCOCC3)c2F)n[nH]1. The van der Waals surface area contributed by atoms with Gasteiger partial charge in [-0.3, -0.25) is 5.10 Å². The Bertz CT molecular complexity index is 1190. The highest BCUT2D eigenvalue weighted by atomic mass is 19.1. The number of carbonyl (C=O) groups excluding carboxylic acids is 1. The molecule has 5 aliphatic rings. The van der Waals surface area contributed by atoms with Gasteiger partial charge in [-0.05, 0) is 69.6 Å². The molecule has 4 saturated carbocycles. The van der Waals surface area contributed by atoms with E-state index in [1.165, 1.54) is 0 Å². The standard InChI is InChI=1S/C27H37FN6O5/c1-15-8-21(33-32-15)30-24-22(28)20(14-38-26(35)39-19-4-3-6-37-7-5-19)29-25(31-24)34(2)23-17-9-16-10-18(23)13-27(36,11-16)12-17/h8,16-19,23,36H,3-7,9-14H2,1-2H3,(H2,29,30,31,32,33). The topological polar surface area (TPSA) is 135 Å².